The van der Waals surface area contributed by atoms with Crippen LogP contribution in [0.25, 0.3) is 15.7 Å². The lowest BCUT2D eigenvalue weighted by Crippen LogP contribution is -2.36. The number of fused-ring (bicyclic) bond motifs is 1. The highest BCUT2D eigenvalue weighted by atomic mass is 32.1. The number of hydrogen-bond acceptors (Lipinski definition) is 6. The molecule has 4 aromatic rings. The molecule has 0 saturated carbocycles. The minimum atomic E-state index is -0.676. The van der Waals surface area contributed by atoms with Crippen molar-refractivity contribution in [2.24, 2.45) is 0 Å². The van der Waals surface area contributed by atoms with Gasteiger partial charge >= 0.3 is 11.8 Å². The SMILES string of the molecule is Cc1ccc(NC(=O)C(=O)NCCc2csc3nc(-c4cccs4)nn23)cc1C. The molecular formula is C20H19N5O2S2. The number of nitrogens with zero attached hydrogens (tertiary/aromatic N) is 3. The Hall–Kier alpha value is -3.04. The van der Waals surface area contributed by atoms with E-state index in [2.05, 4.69) is 20.7 Å². The Kier molecular flexibility index (Phi) is 5.41. The predicted octanol–water partition coefficient (Wildman–Crippen LogP) is 3.43. The summed E-state index contributed by atoms with van der Waals surface area (Å²) in [6, 6.07) is 9.49. The Morgan fingerprint density at radius 3 is 2.72 bits per heavy atom. The highest BCUT2D eigenvalue weighted by molar-refractivity contribution is 7.15. The van der Waals surface area contributed by atoms with E-state index in [0.717, 1.165) is 26.7 Å². The summed E-state index contributed by atoms with van der Waals surface area (Å²) in [5.41, 5.74) is 3.73. The van der Waals surface area contributed by atoms with Gasteiger partial charge in [0.15, 0.2) is 5.82 Å². The third kappa shape index (κ3) is 4.20. The summed E-state index contributed by atoms with van der Waals surface area (Å²) in [6.07, 6.45) is 0.551. The van der Waals surface area contributed by atoms with Crippen LogP contribution in [0.4, 0.5) is 5.69 Å². The molecule has 4 rings (SSSR count). The molecule has 0 saturated heterocycles. The Balaban J connectivity index is 1.34. The summed E-state index contributed by atoms with van der Waals surface area (Å²) >= 11 is 3.10. The molecule has 0 unspecified atom stereocenters. The molecule has 0 aliphatic heterocycles. The molecule has 0 radical (unpaired) electrons. The zero-order valence-electron chi connectivity index (χ0n) is 15.9. The number of thiazole rings is 1. The average molecular weight is 426 g/mol. The first kappa shape index (κ1) is 19.3. The molecular weight excluding hydrogens is 406 g/mol. The molecule has 9 heteroatoms. The number of benzene rings is 1. The van der Waals surface area contributed by atoms with Gasteiger partial charge in [-0.3, -0.25) is 9.59 Å². The fraction of sp³-hybridized carbons (Fsp3) is 0.200. The van der Waals surface area contributed by atoms with Crippen LogP contribution in [0.15, 0.2) is 41.1 Å². The number of nitrogens with one attached hydrogen (secondary N) is 2. The van der Waals surface area contributed by atoms with E-state index in [1.807, 2.05) is 48.9 Å². The number of aromatic nitrogens is 3. The van der Waals surface area contributed by atoms with E-state index in [9.17, 15) is 9.59 Å². The smallest absolute Gasteiger partial charge is 0.313 e. The van der Waals surface area contributed by atoms with Crippen molar-refractivity contribution in [1.82, 2.24) is 19.9 Å². The fourth-order valence-corrected chi connectivity index (χ4v) is 4.31. The van der Waals surface area contributed by atoms with Crippen molar-refractivity contribution in [2.75, 3.05) is 11.9 Å². The number of carbonyl (C=O) groups is 2. The second-order valence-electron chi connectivity index (χ2n) is 6.59. The van der Waals surface area contributed by atoms with Crippen LogP contribution in [0, 0.1) is 13.8 Å². The van der Waals surface area contributed by atoms with Crippen molar-refractivity contribution in [3.05, 3.63) is 57.9 Å². The van der Waals surface area contributed by atoms with Crippen LogP contribution in [0.3, 0.4) is 0 Å². The standard InChI is InChI=1S/C20H19N5O2S2/c1-12-5-6-14(10-13(12)2)22-19(27)18(26)21-8-7-15-11-29-20-23-17(24-25(15)20)16-4-3-9-28-16/h3-6,9-11H,7-8H2,1-2H3,(H,21,26)(H,22,27). The number of anilines is 1. The number of hydrogen-bond donors (Lipinski definition) is 2. The minimum Gasteiger partial charge on any atom is -0.347 e. The van der Waals surface area contributed by atoms with Crippen molar-refractivity contribution in [3.8, 4) is 10.7 Å². The van der Waals surface area contributed by atoms with Crippen molar-refractivity contribution >= 4 is 45.1 Å². The van der Waals surface area contributed by atoms with Crippen molar-refractivity contribution in [1.29, 1.82) is 0 Å². The van der Waals surface area contributed by atoms with Gasteiger partial charge < -0.3 is 10.6 Å². The molecule has 0 spiro atoms. The second kappa shape index (κ2) is 8.14. The van der Waals surface area contributed by atoms with E-state index in [1.54, 1.807) is 21.9 Å². The monoisotopic (exact) mass is 425 g/mol. The summed E-state index contributed by atoms with van der Waals surface area (Å²) in [7, 11) is 0. The highest BCUT2D eigenvalue weighted by Gasteiger charge is 2.15. The molecule has 0 bridgehead atoms. The zero-order valence-corrected chi connectivity index (χ0v) is 17.6. The lowest BCUT2D eigenvalue weighted by Gasteiger charge is -2.08. The molecule has 0 aliphatic carbocycles. The Morgan fingerprint density at radius 2 is 1.97 bits per heavy atom. The first-order valence-electron chi connectivity index (χ1n) is 9.05. The van der Waals surface area contributed by atoms with E-state index in [-0.39, 0.29) is 0 Å². The number of aryl methyl sites for hydroxylation is 2. The van der Waals surface area contributed by atoms with E-state index >= 15 is 0 Å². The third-order valence-corrected chi connectivity index (χ3v) is 6.26. The summed E-state index contributed by atoms with van der Waals surface area (Å²) in [5, 5.41) is 13.8. The quantitative estimate of drug-likeness (QED) is 0.480. The van der Waals surface area contributed by atoms with Gasteiger partial charge in [0.05, 0.1) is 10.6 Å². The molecule has 0 aliphatic rings. The maximum absolute atomic E-state index is 12.1. The molecule has 0 atom stereocenters. The largest absolute Gasteiger partial charge is 0.347 e. The summed E-state index contributed by atoms with van der Waals surface area (Å²) in [4.78, 5) is 30.6. The molecule has 2 N–H and O–H groups in total. The van der Waals surface area contributed by atoms with Crippen LogP contribution >= 0.6 is 22.7 Å². The van der Waals surface area contributed by atoms with E-state index < -0.39 is 11.8 Å². The van der Waals surface area contributed by atoms with Gasteiger partial charge in [0.2, 0.25) is 4.96 Å². The van der Waals surface area contributed by atoms with Crippen molar-refractivity contribution in [3.63, 3.8) is 0 Å². The topological polar surface area (TPSA) is 88.4 Å². The van der Waals surface area contributed by atoms with Crippen LogP contribution in [-0.2, 0) is 16.0 Å². The Bertz CT molecular complexity index is 1180. The lowest BCUT2D eigenvalue weighted by atomic mass is 10.1. The van der Waals surface area contributed by atoms with Crippen molar-refractivity contribution < 1.29 is 9.59 Å². The highest BCUT2D eigenvalue weighted by Crippen LogP contribution is 2.24. The molecule has 0 fully saturated rings. The van der Waals surface area contributed by atoms with Gasteiger partial charge in [0.25, 0.3) is 0 Å². The van der Waals surface area contributed by atoms with E-state index in [1.165, 1.54) is 11.3 Å². The third-order valence-electron chi connectivity index (χ3n) is 4.53. The normalized spacial score (nSPS) is 11.0. The van der Waals surface area contributed by atoms with Gasteiger partial charge in [0.1, 0.15) is 0 Å². The molecule has 148 valence electrons. The first-order valence-corrected chi connectivity index (χ1v) is 10.8. The van der Waals surface area contributed by atoms with Crippen LogP contribution < -0.4 is 10.6 Å². The molecule has 3 aromatic heterocycles. The average Bonchev–Trinajstić information content (AvgIpc) is 3.42. The number of rotatable bonds is 5. The second-order valence-corrected chi connectivity index (χ2v) is 8.38. The Morgan fingerprint density at radius 1 is 1.10 bits per heavy atom. The number of amides is 2. The summed E-state index contributed by atoms with van der Waals surface area (Å²) < 4.78 is 1.79. The lowest BCUT2D eigenvalue weighted by molar-refractivity contribution is -0.136. The van der Waals surface area contributed by atoms with Crippen LogP contribution in [0.2, 0.25) is 0 Å². The van der Waals surface area contributed by atoms with Gasteiger partial charge in [-0.2, -0.15) is 4.98 Å². The van der Waals surface area contributed by atoms with Gasteiger partial charge in [-0.1, -0.05) is 12.1 Å². The maximum Gasteiger partial charge on any atom is 0.313 e. The van der Waals surface area contributed by atoms with Gasteiger partial charge in [0, 0.05) is 24.0 Å². The summed E-state index contributed by atoms with van der Waals surface area (Å²) in [6.45, 7) is 4.29. The zero-order chi connectivity index (χ0) is 20.4. The van der Waals surface area contributed by atoms with E-state index in [4.69, 9.17) is 0 Å². The van der Waals surface area contributed by atoms with Gasteiger partial charge in [-0.15, -0.1) is 27.8 Å². The molecule has 7 nitrogen and oxygen atoms in total. The first-order chi connectivity index (χ1) is 14.0. The summed E-state index contributed by atoms with van der Waals surface area (Å²) in [5.74, 6) is -0.637. The fourth-order valence-electron chi connectivity index (χ4n) is 2.80. The Labute approximate surface area is 175 Å². The van der Waals surface area contributed by atoms with Crippen LogP contribution in [0.1, 0.15) is 16.8 Å². The minimum absolute atomic E-state index is 0.333. The maximum atomic E-state index is 12.1. The van der Waals surface area contributed by atoms with Gasteiger partial charge in [-0.25, -0.2) is 4.52 Å². The molecule has 3 heterocycles. The molecule has 2 amide bonds. The van der Waals surface area contributed by atoms with Gasteiger partial charge in [-0.05, 0) is 48.6 Å². The van der Waals surface area contributed by atoms with E-state index in [0.29, 0.717) is 24.5 Å². The predicted molar refractivity (Wildman–Crippen MR) is 115 cm³/mol. The van der Waals surface area contributed by atoms with Crippen molar-refractivity contribution in [2.45, 2.75) is 20.3 Å². The van der Waals surface area contributed by atoms with Crippen LogP contribution in [-0.4, -0.2) is 33.0 Å². The molecule has 29 heavy (non-hydrogen) atoms. The number of carbonyl (C=O) groups excluding carboxylic acids is 2. The molecule has 1 aromatic carbocycles. The van der Waals surface area contributed by atoms with Crippen LogP contribution in [0.5, 0.6) is 0 Å². The number of thiophene rings is 1.